The molecule has 222 valence electrons. The number of alkyl halides is 5. The molecule has 2 aliphatic rings. The van der Waals surface area contributed by atoms with E-state index < -0.39 is 55.2 Å². The summed E-state index contributed by atoms with van der Waals surface area (Å²) >= 11 is 6.99. The van der Waals surface area contributed by atoms with Gasteiger partial charge in [0.05, 0.1) is 24.4 Å². The van der Waals surface area contributed by atoms with Gasteiger partial charge in [0.1, 0.15) is 27.8 Å². The largest absolute Gasteiger partial charge is 0.465 e. The zero-order valence-corrected chi connectivity index (χ0v) is 22.6. The van der Waals surface area contributed by atoms with E-state index in [1.54, 1.807) is 30.3 Å². The highest BCUT2D eigenvalue weighted by molar-refractivity contribution is 7.10. The van der Waals surface area contributed by atoms with E-state index in [9.17, 15) is 31.5 Å². The van der Waals surface area contributed by atoms with Crippen molar-refractivity contribution in [2.75, 3.05) is 18.5 Å². The summed E-state index contributed by atoms with van der Waals surface area (Å²) in [6.45, 7) is -3.87. The van der Waals surface area contributed by atoms with Crippen LogP contribution in [0.2, 0.25) is 5.02 Å². The highest BCUT2D eigenvalue weighted by atomic mass is 35.5. The Morgan fingerprint density at radius 2 is 1.93 bits per heavy atom. The minimum atomic E-state index is -4.62. The summed E-state index contributed by atoms with van der Waals surface area (Å²) in [5.41, 5.74) is -1.48. The fourth-order valence-electron chi connectivity index (χ4n) is 4.38. The standard InChI is InChI=1S/C25H19ClF5N5O5S/c26-15-7-14(41-22(27)28)8-32-18(15)20(38)33-17-10-42-21(34-17)24-11-40-16(25(29,30)31)6-13(24)9-39-23(36-24)35-19(37)12-4-2-1-3-5-12/h1-5,7-8,10,13,16,22H,6,9,11H2,(H,33,38)(H,35,36,37)/t13-,16+,24-/m0/s1. The second-order valence-corrected chi connectivity index (χ2v) is 10.4. The van der Waals surface area contributed by atoms with Gasteiger partial charge in [0.2, 0.25) is 0 Å². The Kier molecular flexibility index (Phi) is 8.30. The number of pyridine rings is 1. The highest BCUT2D eigenvalue weighted by Gasteiger charge is 2.56. The number of amidine groups is 1. The average molecular weight is 632 g/mol. The SMILES string of the molecule is O=C(NC1=N[C@@]2(c3nc(NC(=O)c4ncc(OC(F)F)cc4Cl)cs3)CO[C@@H](C(F)(F)F)C[C@H]2CO1)c1ccccc1. The van der Waals surface area contributed by atoms with E-state index in [1.807, 2.05) is 0 Å². The van der Waals surface area contributed by atoms with Gasteiger partial charge in [-0.25, -0.2) is 15.0 Å². The lowest BCUT2D eigenvalue weighted by Crippen LogP contribution is -2.55. The third-order valence-electron chi connectivity index (χ3n) is 6.39. The van der Waals surface area contributed by atoms with Crippen LogP contribution < -0.4 is 15.4 Å². The van der Waals surface area contributed by atoms with Crippen LogP contribution in [0.5, 0.6) is 5.75 Å². The Balaban J connectivity index is 1.40. The number of halogens is 6. The number of hydrogen-bond donors (Lipinski definition) is 2. The molecule has 2 aromatic heterocycles. The molecule has 0 aliphatic carbocycles. The van der Waals surface area contributed by atoms with Gasteiger partial charge in [-0.15, -0.1) is 11.3 Å². The molecular formula is C25H19ClF5N5O5S. The number of thiazole rings is 1. The molecule has 5 rings (SSSR count). The molecule has 1 fully saturated rings. The molecule has 2 N–H and O–H groups in total. The number of benzene rings is 1. The Labute approximate surface area is 242 Å². The van der Waals surface area contributed by atoms with E-state index in [4.69, 9.17) is 21.1 Å². The molecule has 0 unspecified atom stereocenters. The van der Waals surface area contributed by atoms with Crippen molar-refractivity contribution in [1.29, 1.82) is 0 Å². The van der Waals surface area contributed by atoms with Gasteiger partial charge in [0.25, 0.3) is 17.8 Å². The second-order valence-electron chi connectivity index (χ2n) is 9.12. The van der Waals surface area contributed by atoms with Crippen molar-refractivity contribution in [3.8, 4) is 5.75 Å². The van der Waals surface area contributed by atoms with E-state index in [0.717, 1.165) is 23.6 Å². The third kappa shape index (κ3) is 6.29. The lowest BCUT2D eigenvalue weighted by Gasteiger charge is -2.45. The van der Waals surface area contributed by atoms with Crippen molar-refractivity contribution in [2.45, 2.75) is 30.9 Å². The summed E-state index contributed by atoms with van der Waals surface area (Å²) in [5.74, 6) is -2.58. The predicted molar refractivity (Wildman–Crippen MR) is 139 cm³/mol. The number of amides is 2. The molecule has 0 saturated carbocycles. The summed E-state index contributed by atoms with van der Waals surface area (Å²) in [4.78, 5) is 38.1. The molecule has 0 bridgehead atoms. The first-order chi connectivity index (χ1) is 19.9. The molecule has 3 aromatic rings. The highest BCUT2D eigenvalue weighted by Crippen LogP contribution is 2.47. The van der Waals surface area contributed by atoms with Gasteiger partial charge in [0, 0.05) is 22.9 Å². The van der Waals surface area contributed by atoms with Gasteiger partial charge in [-0.05, 0) is 18.6 Å². The van der Waals surface area contributed by atoms with E-state index in [2.05, 4.69) is 30.3 Å². The molecule has 0 spiro atoms. The summed E-state index contributed by atoms with van der Waals surface area (Å²) in [7, 11) is 0. The fourth-order valence-corrected chi connectivity index (χ4v) is 5.59. The Bertz CT molecular complexity index is 1510. The average Bonchev–Trinajstić information content (AvgIpc) is 3.41. The van der Waals surface area contributed by atoms with Crippen LogP contribution >= 0.6 is 22.9 Å². The first-order valence-corrected chi connectivity index (χ1v) is 13.4. The van der Waals surface area contributed by atoms with Crippen molar-refractivity contribution in [3.05, 3.63) is 69.3 Å². The summed E-state index contributed by atoms with van der Waals surface area (Å²) in [6, 6.07) is 8.92. The van der Waals surface area contributed by atoms with Crippen molar-refractivity contribution in [1.82, 2.24) is 15.3 Å². The van der Waals surface area contributed by atoms with Crippen LogP contribution in [0.25, 0.3) is 0 Å². The van der Waals surface area contributed by atoms with Crippen LogP contribution in [0.4, 0.5) is 27.8 Å². The Hall–Kier alpha value is -3.89. The van der Waals surface area contributed by atoms with Gasteiger partial charge in [-0.1, -0.05) is 29.8 Å². The number of fused-ring (bicyclic) bond motifs is 1. The normalized spacial score (nSPS) is 22.0. The van der Waals surface area contributed by atoms with Crippen molar-refractivity contribution >= 4 is 46.6 Å². The van der Waals surface area contributed by atoms with Gasteiger partial charge in [-0.2, -0.15) is 22.0 Å². The minimum Gasteiger partial charge on any atom is -0.465 e. The van der Waals surface area contributed by atoms with Crippen LogP contribution in [-0.2, 0) is 15.0 Å². The number of aliphatic imine (C=N–C) groups is 1. The molecule has 42 heavy (non-hydrogen) atoms. The number of hydrogen-bond acceptors (Lipinski definition) is 9. The van der Waals surface area contributed by atoms with E-state index in [-0.39, 0.29) is 39.9 Å². The molecule has 0 radical (unpaired) electrons. The van der Waals surface area contributed by atoms with Gasteiger partial charge in [-0.3, -0.25) is 14.9 Å². The first kappa shape index (κ1) is 29.6. The number of aromatic nitrogens is 2. The second kappa shape index (κ2) is 11.8. The molecule has 2 amide bonds. The van der Waals surface area contributed by atoms with Crippen LogP contribution in [0.1, 0.15) is 32.3 Å². The molecule has 10 nitrogen and oxygen atoms in total. The molecule has 1 aromatic carbocycles. The van der Waals surface area contributed by atoms with E-state index in [1.165, 1.54) is 5.38 Å². The third-order valence-corrected chi connectivity index (χ3v) is 7.69. The lowest BCUT2D eigenvalue weighted by molar-refractivity contribution is -0.249. The zero-order valence-electron chi connectivity index (χ0n) is 21.0. The number of nitrogens with zero attached hydrogens (tertiary/aromatic N) is 3. The summed E-state index contributed by atoms with van der Waals surface area (Å²) in [5, 5.41) is 6.33. The molecular weight excluding hydrogens is 613 g/mol. The number of nitrogens with one attached hydrogen (secondary N) is 2. The number of carbonyl (C=O) groups is 2. The van der Waals surface area contributed by atoms with E-state index in [0.29, 0.717) is 5.56 Å². The number of carbonyl (C=O) groups excluding carboxylic acids is 2. The molecule has 17 heteroatoms. The maximum Gasteiger partial charge on any atom is 0.414 e. The van der Waals surface area contributed by atoms with Gasteiger partial charge < -0.3 is 19.5 Å². The van der Waals surface area contributed by atoms with Crippen LogP contribution in [0, 0.1) is 5.92 Å². The van der Waals surface area contributed by atoms with Gasteiger partial charge in [0.15, 0.2) is 6.10 Å². The summed E-state index contributed by atoms with van der Waals surface area (Å²) in [6.07, 6.45) is -6.27. The van der Waals surface area contributed by atoms with Crippen molar-refractivity contribution in [3.63, 3.8) is 0 Å². The molecule has 2 aliphatic heterocycles. The van der Waals surface area contributed by atoms with Crippen LogP contribution in [-0.4, -0.2) is 59.9 Å². The molecule has 4 heterocycles. The van der Waals surface area contributed by atoms with Crippen molar-refractivity contribution in [2.24, 2.45) is 10.9 Å². The topological polar surface area (TPSA) is 124 Å². The minimum absolute atomic E-state index is 0.00611. The number of anilines is 1. The molecule has 3 atom stereocenters. The van der Waals surface area contributed by atoms with Crippen LogP contribution in [0.15, 0.2) is 53.0 Å². The van der Waals surface area contributed by atoms with E-state index >= 15 is 0 Å². The molecule has 1 saturated heterocycles. The van der Waals surface area contributed by atoms with Crippen LogP contribution in [0.3, 0.4) is 0 Å². The number of ether oxygens (including phenoxy) is 3. The summed E-state index contributed by atoms with van der Waals surface area (Å²) < 4.78 is 80.4. The number of rotatable bonds is 6. The maximum atomic E-state index is 13.5. The first-order valence-electron chi connectivity index (χ1n) is 12.1. The quantitative estimate of drug-likeness (QED) is 0.366. The lowest BCUT2D eigenvalue weighted by atomic mass is 9.79. The Morgan fingerprint density at radius 1 is 1.17 bits per heavy atom. The zero-order chi connectivity index (χ0) is 30.1. The smallest absolute Gasteiger partial charge is 0.414 e. The van der Waals surface area contributed by atoms with Gasteiger partial charge >= 0.3 is 12.8 Å². The maximum absolute atomic E-state index is 13.5. The monoisotopic (exact) mass is 631 g/mol. The predicted octanol–water partition coefficient (Wildman–Crippen LogP) is 5.02. The van der Waals surface area contributed by atoms with Crippen molar-refractivity contribution < 1.29 is 45.8 Å². The Morgan fingerprint density at radius 3 is 2.62 bits per heavy atom. The fraction of sp³-hybridized carbons (Fsp3) is 0.320.